The molecule has 1 aromatic carbocycles. The topological polar surface area (TPSA) is 151 Å². The molecule has 0 spiro atoms. The van der Waals surface area contributed by atoms with E-state index >= 15 is 0 Å². The molecular weight excluding hydrogens is 558 g/mol. The van der Waals surface area contributed by atoms with Crippen LogP contribution in [0.25, 0.3) is 0 Å². The van der Waals surface area contributed by atoms with Crippen LogP contribution in [0.15, 0.2) is 30.3 Å². The molecule has 1 saturated heterocycles. The number of nitrogens with zero attached hydrogens (tertiary/aromatic N) is 1. The maximum atomic E-state index is 14.3. The first kappa shape index (κ1) is 35.1. The molecule has 10 heteroatoms. The molecule has 5 atom stereocenters. The molecule has 0 aromatic heterocycles. The Bertz CT molecular complexity index is 1200. The van der Waals surface area contributed by atoms with Crippen molar-refractivity contribution in [1.82, 2.24) is 20.9 Å². The van der Waals surface area contributed by atoms with E-state index in [4.69, 9.17) is 5.73 Å². The van der Waals surface area contributed by atoms with E-state index in [1.807, 2.05) is 65.0 Å². The molecule has 2 aliphatic rings. The maximum absolute atomic E-state index is 14.3. The van der Waals surface area contributed by atoms with Crippen molar-refractivity contribution in [1.29, 1.82) is 0 Å². The molecule has 244 valence electrons. The van der Waals surface area contributed by atoms with Crippen LogP contribution in [0.2, 0.25) is 0 Å². The lowest BCUT2D eigenvalue weighted by Crippen LogP contribution is -2.62. The fraction of sp³-hybridized carbons (Fsp3) is 0.676. The number of primary amides is 1. The Labute approximate surface area is 262 Å². The molecular formula is C34H53N5O5. The van der Waals surface area contributed by atoms with E-state index in [-0.39, 0.29) is 35.1 Å². The number of likely N-dealkylation sites (tertiary alicyclic amines) is 1. The first-order chi connectivity index (χ1) is 20.4. The van der Waals surface area contributed by atoms with Crippen LogP contribution in [0, 0.1) is 28.6 Å². The summed E-state index contributed by atoms with van der Waals surface area (Å²) in [5.41, 5.74) is 5.47. The van der Waals surface area contributed by atoms with Gasteiger partial charge in [-0.25, -0.2) is 4.79 Å². The number of rotatable bonds is 12. The highest BCUT2D eigenvalue weighted by Gasteiger charge is 2.48. The molecule has 44 heavy (non-hydrogen) atoms. The third-order valence-electron chi connectivity index (χ3n) is 9.02. The van der Waals surface area contributed by atoms with Crippen molar-refractivity contribution < 1.29 is 24.0 Å². The summed E-state index contributed by atoms with van der Waals surface area (Å²) in [4.78, 5) is 67.5. The Morgan fingerprint density at radius 2 is 1.50 bits per heavy atom. The number of urea groups is 1. The molecule has 1 unspecified atom stereocenters. The molecule has 10 nitrogen and oxygen atoms in total. The van der Waals surface area contributed by atoms with Gasteiger partial charge in [0.1, 0.15) is 12.1 Å². The van der Waals surface area contributed by atoms with Gasteiger partial charge in [-0.1, -0.05) is 98.6 Å². The minimum Gasteiger partial charge on any atom is -0.363 e. The Balaban J connectivity index is 1.82. The number of ketones is 1. The van der Waals surface area contributed by atoms with Crippen molar-refractivity contribution in [3.05, 3.63) is 35.9 Å². The molecule has 2 fully saturated rings. The molecule has 0 bridgehead atoms. The fourth-order valence-electron chi connectivity index (χ4n) is 6.01. The minimum absolute atomic E-state index is 0.0761. The summed E-state index contributed by atoms with van der Waals surface area (Å²) in [5.74, 6) is -2.55. The second kappa shape index (κ2) is 14.1. The van der Waals surface area contributed by atoms with Crippen LogP contribution in [0.3, 0.4) is 0 Å². The number of Topliss-reactive ketones (excluding diaryl/α,β-unsaturated/α-hetero) is 1. The lowest BCUT2D eigenvalue weighted by molar-refractivity contribution is -0.144. The molecule has 3 rings (SSSR count). The molecule has 5 N–H and O–H groups in total. The van der Waals surface area contributed by atoms with Crippen LogP contribution in [-0.2, 0) is 25.6 Å². The van der Waals surface area contributed by atoms with Gasteiger partial charge >= 0.3 is 6.03 Å². The zero-order chi connectivity index (χ0) is 33.0. The molecule has 1 aromatic rings. The van der Waals surface area contributed by atoms with Crippen molar-refractivity contribution in [3.63, 3.8) is 0 Å². The van der Waals surface area contributed by atoms with Crippen LogP contribution in [0.4, 0.5) is 4.79 Å². The quantitative estimate of drug-likeness (QED) is 0.267. The van der Waals surface area contributed by atoms with Gasteiger partial charge in [-0.2, -0.15) is 0 Å². The Morgan fingerprint density at radius 3 is 2.00 bits per heavy atom. The largest absolute Gasteiger partial charge is 0.363 e. The summed E-state index contributed by atoms with van der Waals surface area (Å²) in [6.07, 6.45) is 3.45. The third kappa shape index (κ3) is 9.29. The van der Waals surface area contributed by atoms with Gasteiger partial charge in [0, 0.05) is 12.6 Å². The summed E-state index contributed by atoms with van der Waals surface area (Å²) in [5, 5.41) is 8.83. The number of benzene rings is 1. The van der Waals surface area contributed by atoms with Gasteiger partial charge in [0.05, 0.1) is 6.04 Å². The average molecular weight is 612 g/mol. The second-order valence-electron chi connectivity index (χ2n) is 15.2. The van der Waals surface area contributed by atoms with E-state index in [0.717, 1.165) is 18.4 Å². The van der Waals surface area contributed by atoms with Gasteiger partial charge in [0.25, 0.3) is 5.91 Å². The molecule has 0 radical (unpaired) electrons. The summed E-state index contributed by atoms with van der Waals surface area (Å²) in [6.45, 7) is 16.2. The van der Waals surface area contributed by atoms with Crippen molar-refractivity contribution >= 4 is 29.5 Å². The van der Waals surface area contributed by atoms with E-state index in [2.05, 4.69) is 36.7 Å². The minimum atomic E-state index is -1.08. The maximum Gasteiger partial charge on any atom is 0.315 e. The Morgan fingerprint density at radius 1 is 0.886 bits per heavy atom. The molecule has 1 aliphatic carbocycles. The van der Waals surface area contributed by atoms with Gasteiger partial charge in [0.15, 0.2) is 0 Å². The van der Waals surface area contributed by atoms with E-state index in [9.17, 15) is 24.0 Å². The SMILES string of the molecule is CC(C)[C@H]1CCN(C(=O)[C@@H](NC(=O)N[C@H](Cc2ccccc2)C(C)(C)C)C(C)(C)C)[C@@H]1C(=O)NC(CC1CC1)C(=O)C(N)=O. The molecule has 1 saturated carbocycles. The summed E-state index contributed by atoms with van der Waals surface area (Å²) in [7, 11) is 0. The van der Waals surface area contributed by atoms with Crippen molar-refractivity contribution in [2.45, 2.75) is 112 Å². The van der Waals surface area contributed by atoms with Gasteiger partial charge < -0.3 is 26.6 Å². The lowest BCUT2D eigenvalue weighted by atomic mass is 9.83. The van der Waals surface area contributed by atoms with E-state index in [1.165, 1.54) is 0 Å². The average Bonchev–Trinajstić information content (AvgIpc) is 3.62. The summed E-state index contributed by atoms with van der Waals surface area (Å²) >= 11 is 0. The number of hydrogen-bond donors (Lipinski definition) is 4. The summed E-state index contributed by atoms with van der Waals surface area (Å²) < 4.78 is 0. The van der Waals surface area contributed by atoms with E-state index in [0.29, 0.717) is 25.8 Å². The Kier molecular flexibility index (Phi) is 11.2. The van der Waals surface area contributed by atoms with Crippen molar-refractivity contribution in [3.8, 4) is 0 Å². The number of nitrogens with one attached hydrogen (secondary N) is 3. The lowest BCUT2D eigenvalue weighted by Gasteiger charge is -2.38. The highest BCUT2D eigenvalue weighted by Crippen LogP contribution is 2.35. The van der Waals surface area contributed by atoms with Crippen molar-refractivity contribution in [2.75, 3.05) is 6.54 Å². The van der Waals surface area contributed by atoms with Crippen LogP contribution in [0.1, 0.15) is 86.6 Å². The molecule has 1 heterocycles. The number of nitrogens with two attached hydrogens (primary N) is 1. The number of amides is 5. The van der Waals surface area contributed by atoms with Crippen LogP contribution < -0.4 is 21.7 Å². The second-order valence-corrected chi connectivity index (χ2v) is 15.2. The van der Waals surface area contributed by atoms with Crippen LogP contribution in [0.5, 0.6) is 0 Å². The monoisotopic (exact) mass is 611 g/mol. The van der Waals surface area contributed by atoms with Gasteiger partial charge in [-0.05, 0) is 53.4 Å². The number of carbonyl (C=O) groups excluding carboxylic acids is 5. The normalized spacial score (nSPS) is 20.9. The fourth-order valence-corrected chi connectivity index (χ4v) is 6.01. The van der Waals surface area contributed by atoms with E-state index < -0.39 is 47.2 Å². The molecule has 1 aliphatic heterocycles. The highest BCUT2D eigenvalue weighted by atomic mass is 16.2. The highest BCUT2D eigenvalue weighted by molar-refractivity contribution is 6.37. The predicted molar refractivity (Wildman–Crippen MR) is 170 cm³/mol. The zero-order valence-electron chi connectivity index (χ0n) is 27.7. The number of hydrogen-bond acceptors (Lipinski definition) is 5. The van der Waals surface area contributed by atoms with Gasteiger partial charge in [-0.15, -0.1) is 0 Å². The van der Waals surface area contributed by atoms with Crippen LogP contribution in [-0.4, -0.2) is 65.1 Å². The number of carbonyl (C=O) groups is 5. The smallest absolute Gasteiger partial charge is 0.315 e. The van der Waals surface area contributed by atoms with Gasteiger partial charge in [0.2, 0.25) is 17.6 Å². The Hall–Kier alpha value is -3.43. The van der Waals surface area contributed by atoms with Gasteiger partial charge in [-0.3, -0.25) is 19.2 Å². The van der Waals surface area contributed by atoms with Crippen molar-refractivity contribution in [2.24, 2.45) is 34.3 Å². The summed E-state index contributed by atoms with van der Waals surface area (Å²) in [6, 6.07) is 6.49. The molecule has 5 amide bonds. The van der Waals surface area contributed by atoms with Crippen LogP contribution >= 0.6 is 0 Å². The third-order valence-corrected chi connectivity index (χ3v) is 9.02. The zero-order valence-corrected chi connectivity index (χ0v) is 27.7. The first-order valence-corrected chi connectivity index (χ1v) is 16.0. The standard InChI is InChI=1S/C34H53N5O5/c1-20(2)23-16-17-39(26(23)30(42)36-24(18-22-14-15-22)27(40)29(35)41)31(43)28(34(6,7)8)38-32(44)37-25(33(3,4)5)19-21-12-10-9-11-13-21/h9-13,20,22-26,28H,14-19H2,1-8H3,(H2,35,41)(H,36,42)(H2,37,38,44)/t23-,24?,25-,26+,28-/m1/s1. The first-order valence-electron chi connectivity index (χ1n) is 16.0. The predicted octanol–water partition coefficient (Wildman–Crippen LogP) is 3.57. The van der Waals surface area contributed by atoms with E-state index in [1.54, 1.807) is 4.90 Å².